The molecule has 0 saturated heterocycles. The van der Waals surface area contributed by atoms with Crippen LogP contribution in [0.3, 0.4) is 0 Å². The van der Waals surface area contributed by atoms with Crippen LogP contribution in [0.25, 0.3) is 11.3 Å². The summed E-state index contributed by atoms with van der Waals surface area (Å²) >= 11 is 0. The average molecular weight is 438 g/mol. The topological polar surface area (TPSA) is 71.0 Å². The second-order valence-electron chi connectivity index (χ2n) is 7.90. The number of carbonyl (C=O) groups is 1. The smallest absolute Gasteiger partial charge is 0.214 e. The van der Waals surface area contributed by atoms with Gasteiger partial charge in [-0.15, -0.1) is 0 Å². The average Bonchev–Trinajstić information content (AvgIpc) is 2.86. The molecular formula is C27H27N5O. The molecular weight excluding hydrogens is 410 g/mol. The van der Waals surface area contributed by atoms with E-state index in [2.05, 4.69) is 41.3 Å². The molecule has 0 aliphatic rings. The summed E-state index contributed by atoms with van der Waals surface area (Å²) in [6, 6.07) is 19.9. The number of anilines is 2. The van der Waals surface area contributed by atoms with Crippen molar-refractivity contribution in [2.45, 2.75) is 26.8 Å². The Bertz CT molecular complexity index is 1210. The molecule has 4 rings (SSSR count). The number of nitrogens with one attached hydrogen (secondary N) is 1. The fourth-order valence-electron chi connectivity index (χ4n) is 3.71. The van der Waals surface area contributed by atoms with Gasteiger partial charge in [0.15, 0.2) is 5.82 Å². The zero-order valence-corrected chi connectivity index (χ0v) is 18.9. The standard InChI is InChI=1S/C27H27N5O/c1-20-7-5-10-24(21(20)2)25-11-12-26(32(19-33)18-22-8-6-14-28-17-22)27(31-25)30-16-13-23-9-3-4-15-29-23/h3-12,14-15,17,19H,13,16,18H2,1-2H3,(H,30,31). The van der Waals surface area contributed by atoms with Crippen LogP contribution in [-0.4, -0.2) is 27.9 Å². The summed E-state index contributed by atoms with van der Waals surface area (Å²) in [4.78, 5) is 27.2. The molecule has 3 heterocycles. The third kappa shape index (κ3) is 5.41. The van der Waals surface area contributed by atoms with E-state index < -0.39 is 0 Å². The zero-order valence-electron chi connectivity index (χ0n) is 18.9. The first-order valence-electron chi connectivity index (χ1n) is 11.0. The maximum Gasteiger partial charge on any atom is 0.214 e. The summed E-state index contributed by atoms with van der Waals surface area (Å²) in [6.45, 7) is 5.26. The molecule has 6 nitrogen and oxygen atoms in total. The van der Waals surface area contributed by atoms with E-state index in [1.165, 1.54) is 11.1 Å². The molecule has 0 fully saturated rings. The first-order chi connectivity index (χ1) is 16.2. The number of aromatic nitrogens is 3. The van der Waals surface area contributed by atoms with Crippen molar-refractivity contribution in [2.75, 3.05) is 16.8 Å². The molecule has 6 heteroatoms. The first-order valence-corrected chi connectivity index (χ1v) is 11.0. The number of hydrogen-bond acceptors (Lipinski definition) is 5. The van der Waals surface area contributed by atoms with Crippen molar-refractivity contribution in [2.24, 2.45) is 0 Å². The molecule has 0 radical (unpaired) electrons. The van der Waals surface area contributed by atoms with Crippen molar-refractivity contribution >= 4 is 17.9 Å². The monoisotopic (exact) mass is 437 g/mol. The lowest BCUT2D eigenvalue weighted by Gasteiger charge is -2.22. The van der Waals surface area contributed by atoms with Gasteiger partial charge in [0, 0.05) is 42.8 Å². The number of nitrogens with zero attached hydrogens (tertiary/aromatic N) is 4. The van der Waals surface area contributed by atoms with Gasteiger partial charge in [-0.2, -0.15) is 0 Å². The Morgan fingerprint density at radius 3 is 2.64 bits per heavy atom. The van der Waals surface area contributed by atoms with E-state index in [0.29, 0.717) is 18.9 Å². The summed E-state index contributed by atoms with van der Waals surface area (Å²) in [5, 5.41) is 3.44. The molecule has 0 saturated carbocycles. The fourth-order valence-corrected chi connectivity index (χ4v) is 3.71. The Labute approximate surface area is 194 Å². The number of amides is 1. The van der Waals surface area contributed by atoms with Gasteiger partial charge in [0.05, 0.1) is 17.9 Å². The Balaban J connectivity index is 1.66. The van der Waals surface area contributed by atoms with Gasteiger partial charge >= 0.3 is 0 Å². The van der Waals surface area contributed by atoms with E-state index in [0.717, 1.165) is 41.0 Å². The Hall–Kier alpha value is -4.06. The molecule has 0 aliphatic carbocycles. The molecule has 166 valence electrons. The minimum absolute atomic E-state index is 0.413. The molecule has 1 N–H and O–H groups in total. The van der Waals surface area contributed by atoms with Gasteiger partial charge in [0.25, 0.3) is 0 Å². The molecule has 0 unspecified atom stereocenters. The minimum atomic E-state index is 0.413. The number of hydrogen-bond donors (Lipinski definition) is 1. The molecule has 1 amide bonds. The molecule has 4 aromatic rings. The summed E-state index contributed by atoms with van der Waals surface area (Å²) in [6.07, 6.45) is 6.87. The summed E-state index contributed by atoms with van der Waals surface area (Å²) in [5.74, 6) is 0.667. The van der Waals surface area contributed by atoms with E-state index in [-0.39, 0.29) is 0 Å². The summed E-state index contributed by atoms with van der Waals surface area (Å²) < 4.78 is 0. The van der Waals surface area contributed by atoms with Crippen LogP contribution in [0.1, 0.15) is 22.4 Å². The van der Waals surface area contributed by atoms with Crippen LogP contribution in [0.2, 0.25) is 0 Å². The quantitative estimate of drug-likeness (QED) is 0.374. The third-order valence-corrected chi connectivity index (χ3v) is 5.67. The molecule has 0 atom stereocenters. The van der Waals surface area contributed by atoms with Gasteiger partial charge in [0.2, 0.25) is 6.41 Å². The summed E-state index contributed by atoms with van der Waals surface area (Å²) in [5.41, 5.74) is 7.03. The SMILES string of the molecule is Cc1cccc(-c2ccc(N(C=O)Cc3cccnc3)c(NCCc3ccccn3)n2)c1C. The highest BCUT2D eigenvalue weighted by Crippen LogP contribution is 2.31. The fraction of sp³-hybridized carbons (Fsp3) is 0.185. The maximum absolute atomic E-state index is 12.1. The van der Waals surface area contributed by atoms with Gasteiger partial charge in [0.1, 0.15) is 0 Å². The molecule has 33 heavy (non-hydrogen) atoms. The van der Waals surface area contributed by atoms with Gasteiger partial charge < -0.3 is 10.2 Å². The lowest BCUT2D eigenvalue weighted by atomic mass is 10.0. The van der Waals surface area contributed by atoms with Crippen molar-refractivity contribution in [3.63, 3.8) is 0 Å². The first kappa shape index (κ1) is 22.1. The van der Waals surface area contributed by atoms with Crippen LogP contribution in [0.15, 0.2) is 79.3 Å². The highest BCUT2D eigenvalue weighted by Gasteiger charge is 2.15. The van der Waals surface area contributed by atoms with E-state index in [1.54, 1.807) is 23.5 Å². The Morgan fingerprint density at radius 1 is 0.970 bits per heavy atom. The maximum atomic E-state index is 12.1. The van der Waals surface area contributed by atoms with Crippen LogP contribution in [0.5, 0.6) is 0 Å². The lowest BCUT2D eigenvalue weighted by Crippen LogP contribution is -2.23. The van der Waals surface area contributed by atoms with Gasteiger partial charge in [-0.25, -0.2) is 4.98 Å². The Morgan fingerprint density at radius 2 is 1.88 bits per heavy atom. The number of aryl methyl sites for hydroxylation is 1. The molecule has 0 bridgehead atoms. The summed E-state index contributed by atoms with van der Waals surface area (Å²) in [7, 11) is 0. The van der Waals surface area contributed by atoms with Crippen LogP contribution in [0, 0.1) is 13.8 Å². The van der Waals surface area contributed by atoms with Crippen molar-refractivity contribution in [1.29, 1.82) is 0 Å². The van der Waals surface area contributed by atoms with E-state index in [1.807, 2.05) is 48.5 Å². The minimum Gasteiger partial charge on any atom is -0.368 e. The second kappa shape index (κ2) is 10.5. The highest BCUT2D eigenvalue weighted by atomic mass is 16.1. The largest absolute Gasteiger partial charge is 0.368 e. The predicted octanol–water partition coefficient (Wildman–Crippen LogP) is 4.97. The van der Waals surface area contributed by atoms with Crippen molar-refractivity contribution in [3.05, 3.63) is 102 Å². The van der Waals surface area contributed by atoms with Crippen LogP contribution >= 0.6 is 0 Å². The zero-order chi connectivity index (χ0) is 23.0. The number of carbonyl (C=O) groups excluding carboxylic acids is 1. The Kier molecular flexibility index (Phi) is 7.05. The number of rotatable bonds is 9. The molecule has 3 aromatic heterocycles. The van der Waals surface area contributed by atoms with E-state index in [4.69, 9.17) is 4.98 Å². The predicted molar refractivity (Wildman–Crippen MR) is 132 cm³/mol. The van der Waals surface area contributed by atoms with Crippen molar-refractivity contribution < 1.29 is 4.79 Å². The van der Waals surface area contributed by atoms with Crippen molar-refractivity contribution in [1.82, 2.24) is 15.0 Å². The van der Waals surface area contributed by atoms with Crippen LogP contribution < -0.4 is 10.2 Å². The van der Waals surface area contributed by atoms with E-state index >= 15 is 0 Å². The van der Waals surface area contributed by atoms with E-state index in [9.17, 15) is 4.79 Å². The molecule has 0 aliphatic heterocycles. The second-order valence-corrected chi connectivity index (χ2v) is 7.90. The normalized spacial score (nSPS) is 10.6. The molecule has 1 aromatic carbocycles. The number of pyridine rings is 3. The van der Waals surface area contributed by atoms with Crippen LogP contribution in [0.4, 0.5) is 11.5 Å². The number of benzene rings is 1. The van der Waals surface area contributed by atoms with Crippen molar-refractivity contribution in [3.8, 4) is 11.3 Å². The lowest BCUT2D eigenvalue weighted by molar-refractivity contribution is -0.107. The van der Waals surface area contributed by atoms with Crippen LogP contribution in [-0.2, 0) is 17.8 Å². The van der Waals surface area contributed by atoms with Gasteiger partial charge in [-0.05, 0) is 60.9 Å². The van der Waals surface area contributed by atoms with Gasteiger partial charge in [-0.3, -0.25) is 14.8 Å². The third-order valence-electron chi connectivity index (χ3n) is 5.67. The van der Waals surface area contributed by atoms with Gasteiger partial charge in [-0.1, -0.05) is 30.3 Å². The highest BCUT2D eigenvalue weighted by molar-refractivity contribution is 5.83. The molecule has 0 spiro atoms.